The number of amides is 2. The van der Waals surface area contributed by atoms with E-state index >= 15 is 0 Å². The molecule has 1 aliphatic heterocycles. The Morgan fingerprint density at radius 3 is 2.65 bits per heavy atom. The summed E-state index contributed by atoms with van der Waals surface area (Å²) in [5.74, 6) is 0.114. The summed E-state index contributed by atoms with van der Waals surface area (Å²) in [6, 6.07) is 3.51. The maximum Gasteiger partial charge on any atom is 0.326 e. The molecule has 0 aliphatic carbocycles. The molecule has 0 fully saturated rings. The molecule has 0 radical (unpaired) electrons. The number of anilines is 1. The molecule has 108 valence electrons. The van der Waals surface area contributed by atoms with E-state index in [1.165, 1.54) is 0 Å². The van der Waals surface area contributed by atoms with Gasteiger partial charge in [-0.05, 0) is 18.6 Å². The number of hydrogen-bond acceptors (Lipinski definition) is 4. The predicted molar refractivity (Wildman–Crippen MR) is 71.3 cm³/mol. The number of rotatable bonds is 4. The maximum atomic E-state index is 11.7. The number of fused-ring (bicyclic) bond motifs is 1. The van der Waals surface area contributed by atoms with Gasteiger partial charge in [-0.15, -0.1) is 0 Å². The van der Waals surface area contributed by atoms with E-state index in [2.05, 4.69) is 10.6 Å². The van der Waals surface area contributed by atoms with Crippen LogP contribution in [0.1, 0.15) is 13.3 Å². The van der Waals surface area contributed by atoms with Gasteiger partial charge in [0.2, 0.25) is 0 Å². The van der Waals surface area contributed by atoms with Crippen LogP contribution in [0.5, 0.6) is 11.5 Å². The highest BCUT2D eigenvalue weighted by molar-refractivity contribution is 5.92. The number of urea groups is 1. The molecule has 1 atom stereocenters. The highest BCUT2D eigenvalue weighted by Gasteiger charge is 2.18. The molecule has 0 saturated heterocycles. The molecule has 1 aromatic carbocycles. The van der Waals surface area contributed by atoms with Crippen molar-refractivity contribution in [1.82, 2.24) is 5.32 Å². The SMILES string of the molecule is CC[C@H](NC(=O)Nc1ccc2c(c1)OCCO2)C(=O)O. The predicted octanol–water partition coefficient (Wildman–Crippen LogP) is 1.44. The summed E-state index contributed by atoms with van der Waals surface area (Å²) in [4.78, 5) is 22.5. The van der Waals surface area contributed by atoms with Crippen LogP contribution in [-0.2, 0) is 4.79 Å². The lowest BCUT2D eigenvalue weighted by atomic mass is 10.2. The summed E-state index contributed by atoms with van der Waals surface area (Å²) < 4.78 is 10.8. The summed E-state index contributed by atoms with van der Waals surface area (Å²) >= 11 is 0. The first-order chi connectivity index (χ1) is 9.60. The van der Waals surface area contributed by atoms with Gasteiger partial charge in [0.1, 0.15) is 19.3 Å². The summed E-state index contributed by atoms with van der Waals surface area (Å²) in [5.41, 5.74) is 0.506. The molecule has 0 spiro atoms. The minimum Gasteiger partial charge on any atom is -0.486 e. The van der Waals surface area contributed by atoms with Crippen LogP contribution in [0.2, 0.25) is 0 Å². The van der Waals surface area contributed by atoms with Crippen LogP contribution in [0.3, 0.4) is 0 Å². The Hall–Kier alpha value is -2.44. The minimum absolute atomic E-state index is 0.309. The van der Waals surface area contributed by atoms with Crippen molar-refractivity contribution >= 4 is 17.7 Å². The van der Waals surface area contributed by atoms with Gasteiger partial charge in [-0.2, -0.15) is 0 Å². The molecule has 1 aliphatic rings. The standard InChI is InChI=1S/C13H16N2O5/c1-2-9(12(16)17)15-13(18)14-8-3-4-10-11(7-8)20-6-5-19-10/h3-4,7,9H,2,5-6H2,1H3,(H,16,17)(H2,14,15,18)/t9-/m0/s1. The van der Waals surface area contributed by atoms with Gasteiger partial charge >= 0.3 is 12.0 Å². The second-order valence-electron chi connectivity index (χ2n) is 4.26. The average Bonchev–Trinajstić information content (AvgIpc) is 2.44. The first-order valence-electron chi connectivity index (χ1n) is 6.30. The first-order valence-corrected chi connectivity index (χ1v) is 6.30. The van der Waals surface area contributed by atoms with E-state index in [9.17, 15) is 9.59 Å². The van der Waals surface area contributed by atoms with E-state index in [4.69, 9.17) is 14.6 Å². The average molecular weight is 280 g/mol. The van der Waals surface area contributed by atoms with Crippen LogP contribution < -0.4 is 20.1 Å². The number of carboxylic acids is 1. The molecule has 7 nitrogen and oxygen atoms in total. The molecule has 2 amide bonds. The van der Waals surface area contributed by atoms with E-state index < -0.39 is 18.0 Å². The number of carbonyl (C=O) groups is 2. The minimum atomic E-state index is -1.06. The zero-order chi connectivity index (χ0) is 14.5. The third-order valence-corrected chi connectivity index (χ3v) is 2.81. The van der Waals surface area contributed by atoms with Gasteiger partial charge in [0.25, 0.3) is 0 Å². The molecule has 20 heavy (non-hydrogen) atoms. The Labute approximate surface area is 115 Å². The molecule has 2 rings (SSSR count). The summed E-state index contributed by atoms with van der Waals surface area (Å²) in [6.45, 7) is 2.64. The zero-order valence-corrected chi connectivity index (χ0v) is 11.0. The van der Waals surface area contributed by atoms with E-state index in [1.807, 2.05) is 0 Å². The molecule has 0 bridgehead atoms. The maximum absolute atomic E-state index is 11.7. The quantitative estimate of drug-likeness (QED) is 0.775. The zero-order valence-electron chi connectivity index (χ0n) is 11.0. The number of nitrogens with one attached hydrogen (secondary N) is 2. The summed E-state index contributed by atoms with van der Waals surface area (Å²) in [5, 5.41) is 13.8. The van der Waals surface area contributed by atoms with Crippen LogP contribution in [0.25, 0.3) is 0 Å². The van der Waals surface area contributed by atoms with Crippen LogP contribution >= 0.6 is 0 Å². The van der Waals surface area contributed by atoms with Gasteiger partial charge in [-0.25, -0.2) is 9.59 Å². The Balaban J connectivity index is 1.99. The normalized spacial score (nSPS) is 14.2. The third-order valence-electron chi connectivity index (χ3n) is 2.81. The number of hydrogen-bond donors (Lipinski definition) is 3. The Morgan fingerprint density at radius 2 is 2.00 bits per heavy atom. The lowest BCUT2D eigenvalue weighted by molar-refractivity contribution is -0.139. The molecule has 7 heteroatoms. The van der Waals surface area contributed by atoms with Crippen molar-refractivity contribution in [2.45, 2.75) is 19.4 Å². The fourth-order valence-electron chi connectivity index (χ4n) is 1.78. The molecule has 0 unspecified atom stereocenters. The Morgan fingerprint density at radius 1 is 1.30 bits per heavy atom. The monoisotopic (exact) mass is 280 g/mol. The highest BCUT2D eigenvalue weighted by Crippen LogP contribution is 2.32. The van der Waals surface area contributed by atoms with Crippen molar-refractivity contribution in [3.05, 3.63) is 18.2 Å². The highest BCUT2D eigenvalue weighted by atomic mass is 16.6. The van der Waals surface area contributed by atoms with Gasteiger partial charge in [0, 0.05) is 11.8 Å². The lowest BCUT2D eigenvalue weighted by Crippen LogP contribution is -2.42. The van der Waals surface area contributed by atoms with Gasteiger partial charge in [-0.1, -0.05) is 6.92 Å². The summed E-state index contributed by atoms with van der Waals surface area (Å²) in [6.07, 6.45) is 0.309. The molecular weight excluding hydrogens is 264 g/mol. The van der Waals surface area contributed by atoms with Gasteiger partial charge in [0.15, 0.2) is 11.5 Å². The second-order valence-corrected chi connectivity index (χ2v) is 4.26. The topological polar surface area (TPSA) is 96.9 Å². The largest absolute Gasteiger partial charge is 0.486 e. The molecule has 1 heterocycles. The fraction of sp³-hybridized carbons (Fsp3) is 0.385. The lowest BCUT2D eigenvalue weighted by Gasteiger charge is -2.19. The van der Waals surface area contributed by atoms with E-state index in [0.717, 1.165) is 0 Å². The van der Waals surface area contributed by atoms with Crippen molar-refractivity contribution in [1.29, 1.82) is 0 Å². The van der Waals surface area contributed by atoms with Crippen LogP contribution in [0.15, 0.2) is 18.2 Å². The smallest absolute Gasteiger partial charge is 0.326 e. The van der Waals surface area contributed by atoms with Crippen molar-refractivity contribution < 1.29 is 24.2 Å². The number of aliphatic carboxylic acids is 1. The number of carboxylic acid groups (broad SMARTS) is 1. The molecule has 3 N–H and O–H groups in total. The third kappa shape index (κ3) is 3.31. The molecule has 1 aromatic rings. The van der Waals surface area contributed by atoms with Gasteiger partial charge in [-0.3, -0.25) is 0 Å². The van der Waals surface area contributed by atoms with Gasteiger partial charge < -0.3 is 25.2 Å². The van der Waals surface area contributed by atoms with Crippen molar-refractivity contribution in [3.8, 4) is 11.5 Å². The molecular formula is C13H16N2O5. The van der Waals surface area contributed by atoms with Crippen molar-refractivity contribution in [2.75, 3.05) is 18.5 Å². The van der Waals surface area contributed by atoms with Crippen molar-refractivity contribution in [2.24, 2.45) is 0 Å². The van der Waals surface area contributed by atoms with Crippen LogP contribution in [0.4, 0.5) is 10.5 Å². The molecule has 0 aromatic heterocycles. The van der Waals surface area contributed by atoms with E-state index in [-0.39, 0.29) is 0 Å². The van der Waals surface area contributed by atoms with E-state index in [0.29, 0.717) is 36.8 Å². The fourth-order valence-corrected chi connectivity index (χ4v) is 1.78. The van der Waals surface area contributed by atoms with E-state index in [1.54, 1.807) is 25.1 Å². The van der Waals surface area contributed by atoms with Crippen LogP contribution in [0, 0.1) is 0 Å². The number of benzene rings is 1. The Bertz CT molecular complexity index is 517. The number of carbonyl (C=O) groups excluding carboxylic acids is 1. The van der Waals surface area contributed by atoms with Gasteiger partial charge in [0.05, 0.1) is 0 Å². The summed E-state index contributed by atoms with van der Waals surface area (Å²) in [7, 11) is 0. The first kappa shape index (κ1) is 14.0. The van der Waals surface area contributed by atoms with Crippen molar-refractivity contribution in [3.63, 3.8) is 0 Å². The Kier molecular flexibility index (Phi) is 4.29. The number of ether oxygens (including phenoxy) is 2. The van der Waals surface area contributed by atoms with Crippen LogP contribution in [-0.4, -0.2) is 36.4 Å². The molecule has 0 saturated carbocycles. The second kappa shape index (κ2) is 6.14.